The van der Waals surface area contributed by atoms with Gasteiger partial charge in [0.2, 0.25) is 0 Å². The van der Waals surface area contributed by atoms with Crippen molar-refractivity contribution in [3.05, 3.63) is 146 Å². The van der Waals surface area contributed by atoms with Crippen molar-refractivity contribution in [3.63, 3.8) is 0 Å². The van der Waals surface area contributed by atoms with E-state index >= 15 is 0 Å². The highest BCUT2D eigenvalue weighted by molar-refractivity contribution is 5.71. The van der Waals surface area contributed by atoms with Gasteiger partial charge in [-0.3, -0.25) is 14.4 Å². The number of hydrogen-bond donors (Lipinski definition) is 0. The van der Waals surface area contributed by atoms with Crippen LogP contribution in [0.4, 0.5) is 0 Å². The Morgan fingerprint density at radius 1 is 0.256 bits per heavy atom. The summed E-state index contributed by atoms with van der Waals surface area (Å²) < 4.78 is 16.9. The lowest BCUT2D eigenvalue weighted by Gasteiger charge is -2.18. The van der Waals surface area contributed by atoms with Crippen LogP contribution in [0.15, 0.2) is 146 Å². The van der Waals surface area contributed by atoms with E-state index in [1.807, 2.05) is 0 Å². The highest BCUT2D eigenvalue weighted by Gasteiger charge is 2.19. The molecule has 0 saturated carbocycles. The predicted molar refractivity (Wildman–Crippen MR) is 357 cm³/mol. The fourth-order valence-electron chi connectivity index (χ4n) is 8.98. The first-order valence-corrected chi connectivity index (χ1v) is 33.8. The molecule has 0 radical (unpaired) electrons. The second kappa shape index (κ2) is 68.8. The Balaban J connectivity index is 4.27. The van der Waals surface area contributed by atoms with Crippen molar-refractivity contribution in [2.75, 3.05) is 13.2 Å². The maximum atomic E-state index is 12.9. The van der Waals surface area contributed by atoms with Gasteiger partial charge in [0, 0.05) is 19.3 Å². The first-order chi connectivity index (χ1) is 40.5. The van der Waals surface area contributed by atoms with Gasteiger partial charge in [-0.2, -0.15) is 0 Å². The fourth-order valence-corrected chi connectivity index (χ4v) is 8.98. The van der Waals surface area contributed by atoms with Crippen LogP contribution in [0.25, 0.3) is 0 Å². The maximum Gasteiger partial charge on any atom is 0.306 e. The van der Waals surface area contributed by atoms with Crippen LogP contribution in [0, 0.1) is 0 Å². The van der Waals surface area contributed by atoms with Gasteiger partial charge in [0.05, 0.1) is 0 Å². The van der Waals surface area contributed by atoms with Gasteiger partial charge in [0.25, 0.3) is 0 Å². The Morgan fingerprint density at radius 2 is 0.488 bits per heavy atom. The molecule has 464 valence electrons. The minimum atomic E-state index is -0.796. The summed E-state index contributed by atoms with van der Waals surface area (Å²) >= 11 is 0. The van der Waals surface area contributed by atoms with Crippen molar-refractivity contribution >= 4 is 17.9 Å². The lowest BCUT2D eigenvalue weighted by Crippen LogP contribution is -2.30. The quantitative estimate of drug-likeness (QED) is 0.0261. The van der Waals surface area contributed by atoms with Crippen molar-refractivity contribution in [1.29, 1.82) is 0 Å². The number of carbonyl (C=O) groups excluding carboxylic acids is 3. The Hall–Kier alpha value is -4.71. The molecule has 0 bridgehead atoms. The monoisotopic (exact) mass is 1130 g/mol. The molecule has 0 aliphatic heterocycles. The molecule has 0 fully saturated rings. The Labute approximate surface area is 506 Å². The molecule has 0 aromatic rings. The molecule has 0 spiro atoms. The van der Waals surface area contributed by atoms with Crippen molar-refractivity contribution in [1.82, 2.24) is 0 Å². The second-order valence-electron chi connectivity index (χ2n) is 22.0. The summed E-state index contributed by atoms with van der Waals surface area (Å²) in [5, 5.41) is 0. The highest BCUT2D eigenvalue weighted by atomic mass is 16.6. The summed E-state index contributed by atoms with van der Waals surface area (Å²) in [5.41, 5.74) is 0. The van der Waals surface area contributed by atoms with Gasteiger partial charge in [-0.1, -0.05) is 282 Å². The average molecular weight is 1130 g/mol. The van der Waals surface area contributed by atoms with Crippen LogP contribution >= 0.6 is 0 Å². The first kappa shape index (κ1) is 77.3. The molecule has 0 rings (SSSR count). The zero-order chi connectivity index (χ0) is 59.2. The van der Waals surface area contributed by atoms with Crippen LogP contribution in [0.2, 0.25) is 0 Å². The van der Waals surface area contributed by atoms with E-state index in [1.165, 1.54) is 109 Å². The molecule has 1 unspecified atom stereocenters. The predicted octanol–water partition coefficient (Wildman–Crippen LogP) is 23.5. The number of carbonyl (C=O) groups is 3. The molecule has 0 aromatic carbocycles. The summed E-state index contributed by atoms with van der Waals surface area (Å²) in [6.45, 7) is 6.45. The van der Waals surface area contributed by atoms with Crippen LogP contribution in [-0.4, -0.2) is 37.2 Å². The molecule has 6 heteroatoms. The molecule has 6 nitrogen and oxygen atoms in total. The van der Waals surface area contributed by atoms with Gasteiger partial charge in [-0.25, -0.2) is 0 Å². The Kier molecular flexibility index (Phi) is 64.8. The molecule has 82 heavy (non-hydrogen) atoms. The van der Waals surface area contributed by atoms with Gasteiger partial charge in [0.1, 0.15) is 13.2 Å². The van der Waals surface area contributed by atoms with E-state index in [-0.39, 0.29) is 31.1 Å². The van der Waals surface area contributed by atoms with Gasteiger partial charge in [-0.05, 0) is 141 Å². The van der Waals surface area contributed by atoms with Crippen molar-refractivity contribution in [2.45, 2.75) is 303 Å². The van der Waals surface area contributed by atoms with Crippen LogP contribution in [0.5, 0.6) is 0 Å². The van der Waals surface area contributed by atoms with E-state index in [0.717, 1.165) is 148 Å². The molecular weight excluding hydrogens is 1010 g/mol. The third-order valence-electron chi connectivity index (χ3n) is 14.0. The molecule has 0 amide bonds. The van der Waals surface area contributed by atoms with E-state index in [2.05, 4.69) is 167 Å². The van der Waals surface area contributed by atoms with Crippen LogP contribution < -0.4 is 0 Å². The van der Waals surface area contributed by atoms with Crippen LogP contribution in [0.3, 0.4) is 0 Å². The van der Waals surface area contributed by atoms with Gasteiger partial charge >= 0.3 is 17.9 Å². The van der Waals surface area contributed by atoms with Crippen LogP contribution in [-0.2, 0) is 28.6 Å². The summed E-state index contributed by atoms with van der Waals surface area (Å²) in [7, 11) is 0. The maximum absolute atomic E-state index is 12.9. The van der Waals surface area contributed by atoms with Gasteiger partial charge in [0.15, 0.2) is 6.10 Å². The zero-order valence-corrected chi connectivity index (χ0v) is 53.2. The molecule has 0 heterocycles. The SMILES string of the molecule is CC/C=C\C/C=C\C/C=C\C/C=C\C/C=C\C/C=C\C/C=C\C/C=C\C/C=C\CCCCCCCCCC(=O)OCC(COC(=O)CCCCCCC/C=C\CCCC)OC(=O)CCCCCCCCC/C=C\C/C=C\CCCCCC. The molecule has 0 N–H and O–H groups in total. The number of rotatable bonds is 60. The number of ether oxygens (including phenoxy) is 3. The molecule has 0 saturated heterocycles. The van der Waals surface area contributed by atoms with Gasteiger partial charge < -0.3 is 14.2 Å². The second-order valence-corrected chi connectivity index (χ2v) is 22.0. The fraction of sp³-hybridized carbons (Fsp3) is 0.645. The largest absolute Gasteiger partial charge is 0.462 e. The number of unbranched alkanes of at least 4 members (excludes halogenated alkanes) is 25. The normalized spacial score (nSPS) is 13.1. The summed E-state index contributed by atoms with van der Waals surface area (Å²) in [6, 6.07) is 0. The minimum absolute atomic E-state index is 0.0921. The van der Waals surface area contributed by atoms with E-state index < -0.39 is 6.10 Å². The number of esters is 3. The van der Waals surface area contributed by atoms with Crippen molar-refractivity contribution < 1.29 is 28.6 Å². The zero-order valence-electron chi connectivity index (χ0n) is 53.2. The van der Waals surface area contributed by atoms with E-state index in [4.69, 9.17) is 14.2 Å². The Morgan fingerprint density at radius 3 is 0.793 bits per heavy atom. The third kappa shape index (κ3) is 66.1. The minimum Gasteiger partial charge on any atom is -0.462 e. The highest BCUT2D eigenvalue weighted by Crippen LogP contribution is 2.15. The summed E-state index contributed by atoms with van der Waals surface area (Å²) in [5.74, 6) is -0.919. The average Bonchev–Trinajstić information content (AvgIpc) is 3.47. The lowest BCUT2D eigenvalue weighted by molar-refractivity contribution is -0.167. The summed E-state index contributed by atoms with van der Waals surface area (Å²) in [4.78, 5) is 38.3. The topological polar surface area (TPSA) is 78.9 Å². The van der Waals surface area contributed by atoms with Crippen molar-refractivity contribution in [3.8, 4) is 0 Å². The lowest BCUT2D eigenvalue weighted by atomic mass is 10.1. The number of hydrogen-bond acceptors (Lipinski definition) is 6. The van der Waals surface area contributed by atoms with E-state index in [9.17, 15) is 14.4 Å². The first-order valence-electron chi connectivity index (χ1n) is 33.8. The smallest absolute Gasteiger partial charge is 0.306 e. The molecule has 0 aromatic heterocycles. The van der Waals surface area contributed by atoms with Crippen LogP contribution in [0.1, 0.15) is 297 Å². The van der Waals surface area contributed by atoms with E-state index in [1.54, 1.807) is 0 Å². The standard InChI is InChI=1S/C76H124O6/c1-4-7-10-13-16-19-22-24-26-28-30-31-32-33-34-35-36-37-38-39-40-41-42-43-44-45-46-48-49-51-54-57-60-63-66-69-75(78)81-72-73(71-80-74(77)68-65-62-59-56-53-21-18-15-12-9-6-3)82-76(79)70-67-64-61-58-55-52-50-47-29-27-25-23-20-17-14-11-8-5-2/h7,10,15-16,18-20,23-24,26-27,29-31,33-34,36-37,39-40,42-43,45-46,73H,4-6,8-9,11-14,17,21-22,25,28,32,35,38,41,44,47-72H2,1-3H3/b10-7-,18-15-,19-16-,23-20-,26-24-,29-27-,31-30-,34-33-,37-36-,40-39-,43-42-,46-45-. The summed E-state index contributed by atoms with van der Waals surface area (Å²) in [6.07, 6.45) is 98.6. The van der Waals surface area contributed by atoms with Crippen molar-refractivity contribution in [2.24, 2.45) is 0 Å². The molecule has 0 aliphatic carbocycles. The molecular formula is C76H124O6. The van der Waals surface area contributed by atoms with Gasteiger partial charge in [-0.15, -0.1) is 0 Å². The third-order valence-corrected chi connectivity index (χ3v) is 14.0. The molecule has 1 atom stereocenters. The Bertz CT molecular complexity index is 1780. The van der Waals surface area contributed by atoms with E-state index in [0.29, 0.717) is 19.3 Å². The molecule has 0 aliphatic rings. The number of allylic oxidation sites excluding steroid dienone is 24.